The van der Waals surface area contributed by atoms with Crippen LogP contribution in [0.2, 0.25) is 0 Å². The fraction of sp³-hybridized carbons (Fsp3) is 1.00. The predicted octanol–water partition coefficient (Wildman–Crippen LogP) is 7.67. The van der Waals surface area contributed by atoms with Crippen molar-refractivity contribution in [1.82, 2.24) is 0 Å². The van der Waals surface area contributed by atoms with E-state index in [-0.39, 0.29) is 0 Å². The van der Waals surface area contributed by atoms with Gasteiger partial charge in [0.05, 0.1) is 6.10 Å². The number of hydrogen-bond acceptors (Lipinski definition) is 1. The summed E-state index contributed by atoms with van der Waals surface area (Å²) in [7, 11) is 0.782. The maximum absolute atomic E-state index is 6.54. The van der Waals surface area contributed by atoms with Crippen LogP contribution in [0.5, 0.6) is 0 Å². The van der Waals surface area contributed by atoms with Gasteiger partial charge in [0, 0.05) is 12.5 Å². The van der Waals surface area contributed by atoms with E-state index < -0.39 is 0 Å². The molecular weight excluding hydrogens is 360 g/mol. The molecule has 0 bridgehead atoms. The largest absolute Gasteiger partial charge is 0.378 e. The lowest BCUT2D eigenvalue weighted by molar-refractivity contribution is -0.0458. The van der Waals surface area contributed by atoms with Gasteiger partial charge < -0.3 is 4.74 Å². The molecule has 164 valence electrons. The molecule has 2 heteroatoms. The van der Waals surface area contributed by atoms with E-state index in [1.54, 1.807) is 11.5 Å². The Labute approximate surface area is 179 Å². The molecule has 4 atom stereocenters. The number of unbranched alkanes of at least 4 members (excludes halogenated alkanes) is 9. The van der Waals surface area contributed by atoms with Crippen LogP contribution in [-0.4, -0.2) is 29.5 Å². The second-order valence-electron chi connectivity index (χ2n) is 9.97. The minimum Gasteiger partial charge on any atom is -0.378 e. The van der Waals surface area contributed by atoms with Crippen LogP contribution in [0.3, 0.4) is 0 Å². The third kappa shape index (κ3) is 7.22. The first kappa shape index (κ1) is 23.0. The van der Waals surface area contributed by atoms with Crippen LogP contribution in [0.4, 0.5) is 0 Å². The lowest BCUT2D eigenvalue weighted by Crippen LogP contribution is -2.47. The van der Waals surface area contributed by atoms with E-state index in [9.17, 15) is 0 Å². The van der Waals surface area contributed by atoms with Gasteiger partial charge in [0.2, 0.25) is 0 Å². The average molecular weight is 410 g/mol. The standard InChI is InChI=1S/C26H49OS/c1-2-3-4-5-6-7-8-9-10-13-20-27-25-18-19-26(28-21-14-15-22-28)24-17-12-11-16-23(24)25/h23-26H,2-22H2,1H3/q+1. The zero-order valence-electron chi connectivity index (χ0n) is 19.0. The summed E-state index contributed by atoms with van der Waals surface area (Å²) in [6.07, 6.45) is 26.7. The minimum absolute atomic E-state index is 0.617. The van der Waals surface area contributed by atoms with Gasteiger partial charge in [0.15, 0.2) is 0 Å². The zero-order valence-corrected chi connectivity index (χ0v) is 19.8. The Morgan fingerprint density at radius 3 is 1.93 bits per heavy atom. The van der Waals surface area contributed by atoms with Crippen LogP contribution in [0, 0.1) is 11.8 Å². The maximum atomic E-state index is 6.54. The summed E-state index contributed by atoms with van der Waals surface area (Å²) >= 11 is 0. The molecule has 3 rings (SSSR count). The van der Waals surface area contributed by atoms with Crippen LogP contribution in [0.1, 0.15) is 122 Å². The van der Waals surface area contributed by atoms with Crippen molar-refractivity contribution in [2.24, 2.45) is 11.8 Å². The molecule has 28 heavy (non-hydrogen) atoms. The van der Waals surface area contributed by atoms with Crippen molar-refractivity contribution in [3.63, 3.8) is 0 Å². The summed E-state index contributed by atoms with van der Waals surface area (Å²) in [5, 5.41) is 1.09. The molecule has 1 aliphatic heterocycles. The molecule has 0 spiro atoms. The summed E-state index contributed by atoms with van der Waals surface area (Å²) in [5.74, 6) is 5.08. The lowest BCUT2D eigenvalue weighted by Gasteiger charge is -2.44. The van der Waals surface area contributed by atoms with Crippen LogP contribution in [-0.2, 0) is 15.6 Å². The van der Waals surface area contributed by atoms with Crippen molar-refractivity contribution in [1.29, 1.82) is 0 Å². The van der Waals surface area contributed by atoms with Crippen molar-refractivity contribution in [3.05, 3.63) is 0 Å². The van der Waals surface area contributed by atoms with Crippen molar-refractivity contribution in [2.75, 3.05) is 18.1 Å². The van der Waals surface area contributed by atoms with Gasteiger partial charge in [-0.15, -0.1) is 0 Å². The topological polar surface area (TPSA) is 9.23 Å². The fourth-order valence-electron chi connectivity index (χ4n) is 6.29. The van der Waals surface area contributed by atoms with E-state index in [2.05, 4.69) is 6.92 Å². The van der Waals surface area contributed by atoms with Gasteiger partial charge in [0.25, 0.3) is 0 Å². The van der Waals surface area contributed by atoms with Crippen LogP contribution < -0.4 is 0 Å². The van der Waals surface area contributed by atoms with Crippen molar-refractivity contribution >= 4 is 10.9 Å². The second-order valence-corrected chi connectivity index (χ2v) is 12.5. The summed E-state index contributed by atoms with van der Waals surface area (Å²) in [5.41, 5.74) is 0. The summed E-state index contributed by atoms with van der Waals surface area (Å²) in [6, 6.07) is 0. The summed E-state index contributed by atoms with van der Waals surface area (Å²) in [6.45, 7) is 3.35. The molecule has 1 nitrogen and oxygen atoms in total. The van der Waals surface area contributed by atoms with Crippen molar-refractivity contribution in [2.45, 2.75) is 134 Å². The smallest absolute Gasteiger partial charge is 0.121 e. The van der Waals surface area contributed by atoms with Crippen LogP contribution in [0.25, 0.3) is 0 Å². The molecule has 3 fully saturated rings. The molecule has 0 aromatic rings. The van der Waals surface area contributed by atoms with Crippen molar-refractivity contribution in [3.8, 4) is 0 Å². The van der Waals surface area contributed by atoms with Gasteiger partial charge in [-0.2, -0.15) is 0 Å². The van der Waals surface area contributed by atoms with Gasteiger partial charge >= 0.3 is 0 Å². The molecule has 0 radical (unpaired) electrons. The molecule has 1 saturated heterocycles. The first-order valence-corrected chi connectivity index (χ1v) is 14.8. The minimum atomic E-state index is 0.617. The number of hydrogen-bond donors (Lipinski definition) is 0. The molecule has 0 aromatic carbocycles. The van der Waals surface area contributed by atoms with E-state index in [1.807, 2.05) is 0 Å². The Balaban J connectivity index is 1.26. The molecule has 0 aromatic heterocycles. The predicted molar refractivity (Wildman–Crippen MR) is 126 cm³/mol. The van der Waals surface area contributed by atoms with E-state index in [0.717, 1.165) is 34.6 Å². The highest BCUT2D eigenvalue weighted by atomic mass is 32.2. The van der Waals surface area contributed by atoms with Crippen molar-refractivity contribution < 1.29 is 4.74 Å². The summed E-state index contributed by atoms with van der Waals surface area (Å²) in [4.78, 5) is 0. The first-order valence-electron chi connectivity index (χ1n) is 13.2. The Kier molecular flexibility index (Phi) is 11.1. The molecule has 1 heterocycles. The monoisotopic (exact) mass is 409 g/mol. The Morgan fingerprint density at radius 1 is 0.643 bits per heavy atom. The van der Waals surface area contributed by atoms with E-state index >= 15 is 0 Å². The van der Waals surface area contributed by atoms with Gasteiger partial charge in [-0.3, -0.25) is 0 Å². The molecule has 2 aliphatic carbocycles. The molecule has 3 aliphatic rings. The van der Waals surface area contributed by atoms with Gasteiger partial charge in [-0.25, -0.2) is 0 Å². The SMILES string of the molecule is CCCCCCCCCCCCOC1CCC([S+]2CCCC2)C2CCCCC12. The Morgan fingerprint density at radius 2 is 1.25 bits per heavy atom. The quantitative estimate of drug-likeness (QED) is 0.224. The van der Waals surface area contributed by atoms with E-state index in [4.69, 9.17) is 4.74 Å². The summed E-state index contributed by atoms with van der Waals surface area (Å²) < 4.78 is 6.54. The third-order valence-electron chi connectivity index (χ3n) is 7.89. The molecule has 0 N–H and O–H groups in total. The Hall–Kier alpha value is 0.310. The molecule has 0 amide bonds. The molecule has 4 unspecified atom stereocenters. The highest BCUT2D eigenvalue weighted by Gasteiger charge is 2.48. The number of fused-ring (bicyclic) bond motifs is 1. The van der Waals surface area contributed by atoms with Gasteiger partial charge in [-0.1, -0.05) is 77.6 Å². The van der Waals surface area contributed by atoms with Gasteiger partial charge in [0.1, 0.15) is 16.8 Å². The first-order chi connectivity index (χ1) is 13.9. The number of rotatable bonds is 13. The van der Waals surface area contributed by atoms with E-state index in [1.165, 1.54) is 116 Å². The average Bonchev–Trinajstić information content (AvgIpc) is 3.26. The lowest BCUT2D eigenvalue weighted by atomic mass is 9.69. The normalized spacial score (nSPS) is 31.2. The third-order valence-corrected chi connectivity index (χ3v) is 11.0. The molecule has 2 saturated carbocycles. The van der Waals surface area contributed by atoms with E-state index in [0.29, 0.717) is 6.10 Å². The van der Waals surface area contributed by atoms with Gasteiger partial charge in [-0.05, 0) is 61.8 Å². The van der Waals surface area contributed by atoms with Crippen LogP contribution >= 0.6 is 0 Å². The van der Waals surface area contributed by atoms with Crippen LogP contribution in [0.15, 0.2) is 0 Å². The fourth-order valence-corrected chi connectivity index (χ4v) is 9.55. The Bertz CT molecular complexity index is 392. The highest BCUT2D eigenvalue weighted by Crippen LogP contribution is 2.46. The zero-order chi connectivity index (χ0) is 19.4. The number of ether oxygens (including phenoxy) is 1. The molecular formula is C26H49OS+. The maximum Gasteiger partial charge on any atom is 0.121 e. The highest BCUT2D eigenvalue weighted by molar-refractivity contribution is 7.97. The second kappa shape index (κ2) is 13.6.